The fraction of sp³-hybridized carbons (Fsp3) is 0.500. The van der Waals surface area contributed by atoms with Crippen LogP contribution in [0.3, 0.4) is 0 Å². The Bertz CT molecular complexity index is 544. The minimum atomic E-state index is -2.89. The molecule has 3 nitrogen and oxygen atoms in total. The van der Waals surface area contributed by atoms with Crippen LogP contribution in [0, 0.1) is 5.92 Å². The molecule has 0 saturated carbocycles. The van der Waals surface area contributed by atoms with E-state index in [0.717, 1.165) is 15.8 Å². The minimum Gasteiger partial charge on any atom is -0.496 e. The fourth-order valence-electron chi connectivity index (χ4n) is 2.18. The summed E-state index contributed by atoms with van der Waals surface area (Å²) in [6.07, 6.45) is 0.639. The maximum atomic E-state index is 11.5. The number of sulfone groups is 1. The molecule has 1 aliphatic rings. The Hall–Kier alpha value is -0.260. The van der Waals surface area contributed by atoms with Crippen molar-refractivity contribution in [3.05, 3.63) is 28.2 Å². The average molecular weight is 354 g/mol. The van der Waals surface area contributed by atoms with Crippen molar-refractivity contribution in [1.82, 2.24) is 0 Å². The van der Waals surface area contributed by atoms with Gasteiger partial charge in [-0.3, -0.25) is 0 Å². The topological polar surface area (TPSA) is 43.4 Å². The highest BCUT2D eigenvalue weighted by Crippen LogP contribution is 2.38. The molecule has 0 N–H and O–H groups in total. The van der Waals surface area contributed by atoms with E-state index in [1.807, 2.05) is 18.2 Å². The number of ether oxygens (including phenoxy) is 1. The van der Waals surface area contributed by atoms with E-state index in [9.17, 15) is 8.42 Å². The predicted molar refractivity (Wildman–Crippen MR) is 76.0 cm³/mol. The molecule has 1 fully saturated rings. The molecule has 1 saturated heterocycles. The van der Waals surface area contributed by atoms with Crippen molar-refractivity contribution < 1.29 is 13.2 Å². The van der Waals surface area contributed by atoms with Crippen LogP contribution < -0.4 is 4.74 Å². The molecule has 18 heavy (non-hydrogen) atoms. The summed E-state index contributed by atoms with van der Waals surface area (Å²) in [7, 11) is -1.29. The zero-order valence-corrected chi connectivity index (χ0v) is 13.1. The van der Waals surface area contributed by atoms with Crippen LogP contribution in [0.25, 0.3) is 0 Å². The lowest BCUT2D eigenvalue weighted by Gasteiger charge is -2.17. The summed E-state index contributed by atoms with van der Waals surface area (Å²) in [6, 6.07) is 5.60. The van der Waals surface area contributed by atoms with E-state index < -0.39 is 9.84 Å². The highest BCUT2D eigenvalue weighted by molar-refractivity contribution is 9.10. The standard InChI is InChI=1S/C12H14BrClO3S/c1-17-11-3-2-8(6-10(11)13)12(14)9-4-5-18(15,16)7-9/h2-3,6,9,12H,4-5,7H2,1H3. The molecule has 1 heterocycles. The fourth-order valence-corrected chi connectivity index (χ4v) is 5.04. The molecular formula is C12H14BrClO3S. The zero-order valence-electron chi connectivity index (χ0n) is 9.90. The van der Waals surface area contributed by atoms with Gasteiger partial charge in [-0.2, -0.15) is 0 Å². The summed E-state index contributed by atoms with van der Waals surface area (Å²) >= 11 is 9.79. The molecule has 0 spiro atoms. The lowest BCUT2D eigenvalue weighted by Crippen LogP contribution is -2.10. The Balaban J connectivity index is 2.19. The molecule has 1 aliphatic heterocycles. The normalized spacial score (nSPS) is 23.8. The van der Waals surface area contributed by atoms with Crippen LogP contribution >= 0.6 is 27.5 Å². The molecule has 2 atom stereocenters. The van der Waals surface area contributed by atoms with Crippen LogP contribution in [0.1, 0.15) is 17.4 Å². The molecule has 0 aliphatic carbocycles. The number of halogens is 2. The molecule has 100 valence electrons. The molecule has 0 radical (unpaired) electrons. The van der Waals surface area contributed by atoms with Gasteiger partial charge in [-0.15, -0.1) is 11.6 Å². The van der Waals surface area contributed by atoms with Crippen molar-refractivity contribution >= 4 is 37.4 Å². The first-order valence-electron chi connectivity index (χ1n) is 5.61. The predicted octanol–water partition coefficient (Wildman–Crippen LogP) is 3.17. The van der Waals surface area contributed by atoms with Crippen molar-refractivity contribution in [1.29, 1.82) is 0 Å². The molecule has 2 rings (SSSR count). The molecule has 1 aromatic carbocycles. The zero-order chi connectivity index (χ0) is 13.3. The van der Waals surface area contributed by atoms with E-state index in [-0.39, 0.29) is 22.8 Å². The van der Waals surface area contributed by atoms with Gasteiger partial charge in [0.2, 0.25) is 0 Å². The van der Waals surface area contributed by atoms with Crippen LogP contribution in [0.15, 0.2) is 22.7 Å². The van der Waals surface area contributed by atoms with Crippen molar-refractivity contribution in [2.75, 3.05) is 18.6 Å². The van der Waals surface area contributed by atoms with Gasteiger partial charge in [0.25, 0.3) is 0 Å². The van der Waals surface area contributed by atoms with Gasteiger partial charge in [-0.25, -0.2) is 8.42 Å². The molecule has 1 aromatic rings. The van der Waals surface area contributed by atoms with E-state index >= 15 is 0 Å². The van der Waals surface area contributed by atoms with Gasteiger partial charge in [0, 0.05) is 0 Å². The lowest BCUT2D eigenvalue weighted by atomic mass is 9.98. The maximum absolute atomic E-state index is 11.5. The van der Waals surface area contributed by atoms with E-state index in [1.165, 1.54) is 0 Å². The third kappa shape index (κ3) is 3.00. The Morgan fingerprint density at radius 3 is 2.72 bits per heavy atom. The number of methoxy groups -OCH3 is 1. The van der Waals surface area contributed by atoms with Crippen molar-refractivity contribution in [3.63, 3.8) is 0 Å². The highest BCUT2D eigenvalue weighted by Gasteiger charge is 2.33. The summed E-state index contributed by atoms with van der Waals surface area (Å²) in [6.45, 7) is 0. The van der Waals surface area contributed by atoms with E-state index in [2.05, 4.69) is 15.9 Å². The summed E-state index contributed by atoms with van der Waals surface area (Å²) in [4.78, 5) is 0. The van der Waals surface area contributed by atoms with Gasteiger partial charge in [-0.05, 0) is 46.0 Å². The molecule has 0 bridgehead atoms. The Labute approximate surface area is 121 Å². The van der Waals surface area contributed by atoms with Gasteiger partial charge in [-0.1, -0.05) is 6.07 Å². The van der Waals surface area contributed by atoms with Crippen molar-refractivity contribution in [2.45, 2.75) is 11.8 Å². The highest BCUT2D eigenvalue weighted by atomic mass is 79.9. The summed E-state index contributed by atoms with van der Waals surface area (Å²) in [5.41, 5.74) is 0.923. The summed E-state index contributed by atoms with van der Waals surface area (Å²) in [5.74, 6) is 1.17. The van der Waals surface area contributed by atoms with Crippen LogP contribution in [-0.2, 0) is 9.84 Å². The average Bonchev–Trinajstić information content (AvgIpc) is 2.68. The second kappa shape index (κ2) is 5.39. The SMILES string of the molecule is COc1ccc(C(Cl)C2CCS(=O)(=O)C2)cc1Br. The second-order valence-corrected chi connectivity index (χ2v) is 8.01. The van der Waals surface area contributed by atoms with E-state index in [0.29, 0.717) is 6.42 Å². The minimum absolute atomic E-state index is 0.00281. The van der Waals surface area contributed by atoms with E-state index in [1.54, 1.807) is 7.11 Å². The third-order valence-electron chi connectivity index (χ3n) is 3.18. The monoisotopic (exact) mass is 352 g/mol. The maximum Gasteiger partial charge on any atom is 0.150 e. The van der Waals surface area contributed by atoms with Gasteiger partial charge >= 0.3 is 0 Å². The van der Waals surface area contributed by atoms with Crippen LogP contribution in [0.4, 0.5) is 0 Å². The Kier molecular flexibility index (Phi) is 4.24. The third-order valence-corrected chi connectivity index (χ3v) is 6.20. The molecular weight excluding hydrogens is 340 g/mol. The number of alkyl halides is 1. The quantitative estimate of drug-likeness (QED) is 0.784. The summed E-state index contributed by atoms with van der Waals surface area (Å²) in [5, 5.41) is -0.274. The number of rotatable bonds is 3. The lowest BCUT2D eigenvalue weighted by molar-refractivity contribution is 0.411. The largest absolute Gasteiger partial charge is 0.496 e. The molecule has 2 unspecified atom stereocenters. The van der Waals surface area contributed by atoms with E-state index in [4.69, 9.17) is 16.3 Å². The Morgan fingerprint density at radius 1 is 1.50 bits per heavy atom. The first-order chi connectivity index (χ1) is 8.43. The van der Waals surface area contributed by atoms with Gasteiger partial charge in [0.15, 0.2) is 9.84 Å². The number of benzene rings is 1. The van der Waals surface area contributed by atoms with Gasteiger partial charge in [0.05, 0.1) is 28.5 Å². The molecule has 0 amide bonds. The van der Waals surface area contributed by atoms with Crippen molar-refractivity contribution in [2.24, 2.45) is 5.92 Å². The number of hydrogen-bond donors (Lipinski definition) is 0. The van der Waals surface area contributed by atoms with Crippen molar-refractivity contribution in [3.8, 4) is 5.75 Å². The summed E-state index contributed by atoms with van der Waals surface area (Å²) < 4.78 is 28.9. The smallest absolute Gasteiger partial charge is 0.150 e. The van der Waals surface area contributed by atoms with Crippen LogP contribution in [0.2, 0.25) is 0 Å². The van der Waals surface area contributed by atoms with Gasteiger partial charge in [0.1, 0.15) is 5.75 Å². The molecule has 6 heteroatoms. The number of hydrogen-bond acceptors (Lipinski definition) is 3. The van der Waals surface area contributed by atoms with Crippen LogP contribution in [-0.4, -0.2) is 27.0 Å². The first kappa shape index (κ1) is 14.2. The first-order valence-corrected chi connectivity index (χ1v) is 8.66. The van der Waals surface area contributed by atoms with Crippen LogP contribution in [0.5, 0.6) is 5.75 Å². The second-order valence-electron chi connectivity index (χ2n) is 4.46. The Morgan fingerprint density at radius 2 is 2.22 bits per heavy atom. The van der Waals surface area contributed by atoms with Gasteiger partial charge < -0.3 is 4.74 Å². The molecule has 0 aromatic heterocycles.